The van der Waals surface area contributed by atoms with Crippen LogP contribution in [0.15, 0.2) is 6.20 Å². The Morgan fingerprint density at radius 2 is 2.64 bits per heavy atom. The van der Waals surface area contributed by atoms with Crippen LogP contribution < -0.4 is 10.6 Å². The third-order valence-electron chi connectivity index (χ3n) is 2.55. The van der Waals surface area contributed by atoms with Crippen LogP contribution in [0.5, 0.6) is 0 Å². The normalized spacial score (nSPS) is 21.6. The summed E-state index contributed by atoms with van der Waals surface area (Å²) >= 11 is 1.82. The van der Waals surface area contributed by atoms with E-state index in [0.29, 0.717) is 6.04 Å². The third kappa shape index (κ3) is 2.53. The number of nitrogens with one attached hydrogen (secondary N) is 2. The van der Waals surface area contributed by atoms with Gasteiger partial charge in [-0.3, -0.25) is 0 Å². The molecule has 1 atom stereocenters. The van der Waals surface area contributed by atoms with Crippen LogP contribution in [0, 0.1) is 0 Å². The summed E-state index contributed by atoms with van der Waals surface area (Å²) in [7, 11) is 0. The van der Waals surface area contributed by atoms with E-state index in [-0.39, 0.29) is 0 Å². The molecule has 0 amide bonds. The van der Waals surface area contributed by atoms with Crippen LogP contribution in [-0.2, 0) is 13.0 Å². The molecule has 2 rings (SSSR count). The van der Waals surface area contributed by atoms with Crippen LogP contribution in [0.1, 0.15) is 23.2 Å². The predicted octanol–water partition coefficient (Wildman–Crippen LogP) is 1.16. The highest BCUT2D eigenvalue weighted by Gasteiger charge is 2.13. The molecule has 2 N–H and O–H groups in total. The summed E-state index contributed by atoms with van der Waals surface area (Å²) in [5.41, 5.74) is 0. The van der Waals surface area contributed by atoms with Crippen molar-refractivity contribution >= 4 is 11.3 Å². The van der Waals surface area contributed by atoms with Gasteiger partial charge in [-0.05, 0) is 19.4 Å². The molecule has 1 aromatic heterocycles. The van der Waals surface area contributed by atoms with Crippen LogP contribution in [0.3, 0.4) is 0 Å². The smallest absolute Gasteiger partial charge is 0.107 e. The lowest BCUT2D eigenvalue weighted by atomic mass is 10.3. The molecule has 1 saturated heterocycles. The number of nitrogens with zero attached hydrogens (tertiary/aromatic N) is 1. The first-order chi connectivity index (χ1) is 6.88. The molecule has 4 heteroatoms. The Hall–Kier alpha value is -0.450. The molecule has 1 aliphatic rings. The number of rotatable bonds is 4. The molecule has 1 aromatic rings. The Balaban J connectivity index is 1.79. The maximum absolute atomic E-state index is 4.38. The standard InChI is InChI=1S/C10H17N3S/c1-2-9-6-13-10(14-9)7-12-8-3-4-11-5-8/h6,8,11-12H,2-5,7H2,1H3. The number of hydrogen-bond donors (Lipinski definition) is 2. The second kappa shape index (κ2) is 4.87. The lowest BCUT2D eigenvalue weighted by molar-refractivity contribution is 0.546. The van der Waals surface area contributed by atoms with Gasteiger partial charge < -0.3 is 10.6 Å². The van der Waals surface area contributed by atoms with Gasteiger partial charge in [0.15, 0.2) is 0 Å². The first kappa shape index (κ1) is 10.1. The fourth-order valence-electron chi connectivity index (χ4n) is 1.65. The van der Waals surface area contributed by atoms with E-state index in [0.717, 1.165) is 26.1 Å². The van der Waals surface area contributed by atoms with Crippen molar-refractivity contribution < 1.29 is 0 Å². The average molecular weight is 211 g/mol. The summed E-state index contributed by atoms with van der Waals surface area (Å²) in [6.45, 7) is 5.35. The van der Waals surface area contributed by atoms with Crippen LogP contribution in [0.2, 0.25) is 0 Å². The molecule has 1 aliphatic heterocycles. The van der Waals surface area contributed by atoms with Gasteiger partial charge in [0.1, 0.15) is 5.01 Å². The molecule has 0 bridgehead atoms. The van der Waals surface area contributed by atoms with Crippen molar-refractivity contribution in [3.05, 3.63) is 16.1 Å². The van der Waals surface area contributed by atoms with Crippen molar-refractivity contribution in [3.8, 4) is 0 Å². The minimum absolute atomic E-state index is 0.643. The number of thiazole rings is 1. The molecule has 0 radical (unpaired) electrons. The van der Waals surface area contributed by atoms with Crippen molar-refractivity contribution in [2.45, 2.75) is 32.4 Å². The number of aryl methyl sites for hydroxylation is 1. The maximum Gasteiger partial charge on any atom is 0.107 e. The van der Waals surface area contributed by atoms with Crippen LogP contribution in [0.4, 0.5) is 0 Å². The van der Waals surface area contributed by atoms with Gasteiger partial charge in [-0.25, -0.2) is 4.98 Å². The monoisotopic (exact) mass is 211 g/mol. The molecule has 0 spiro atoms. The molecular formula is C10H17N3S. The van der Waals surface area contributed by atoms with E-state index in [1.54, 1.807) is 0 Å². The minimum Gasteiger partial charge on any atom is -0.315 e. The third-order valence-corrected chi connectivity index (χ3v) is 3.69. The zero-order valence-electron chi connectivity index (χ0n) is 8.55. The summed E-state index contributed by atoms with van der Waals surface area (Å²) in [4.78, 5) is 5.76. The Morgan fingerprint density at radius 3 is 3.29 bits per heavy atom. The van der Waals surface area contributed by atoms with E-state index < -0.39 is 0 Å². The van der Waals surface area contributed by atoms with E-state index in [1.165, 1.54) is 16.3 Å². The molecule has 3 nitrogen and oxygen atoms in total. The Bertz CT molecular complexity index is 279. The van der Waals surface area contributed by atoms with Crippen LogP contribution in [-0.4, -0.2) is 24.1 Å². The molecule has 2 heterocycles. The number of aromatic nitrogens is 1. The first-order valence-corrected chi connectivity index (χ1v) is 6.08. The SMILES string of the molecule is CCc1cnc(CNC2CCNC2)s1. The topological polar surface area (TPSA) is 37.0 Å². The second-order valence-corrected chi connectivity index (χ2v) is 4.84. The summed E-state index contributed by atoms with van der Waals surface area (Å²) in [6, 6.07) is 0.643. The molecule has 0 saturated carbocycles. The van der Waals surface area contributed by atoms with Crippen LogP contribution >= 0.6 is 11.3 Å². The fraction of sp³-hybridized carbons (Fsp3) is 0.700. The first-order valence-electron chi connectivity index (χ1n) is 5.26. The molecule has 0 aliphatic carbocycles. The van der Waals surface area contributed by atoms with Gasteiger partial charge in [0, 0.05) is 30.2 Å². The van der Waals surface area contributed by atoms with E-state index in [4.69, 9.17) is 0 Å². The summed E-state index contributed by atoms with van der Waals surface area (Å²) in [5, 5.41) is 8.08. The highest BCUT2D eigenvalue weighted by molar-refractivity contribution is 7.11. The zero-order chi connectivity index (χ0) is 9.80. The lowest BCUT2D eigenvalue weighted by Crippen LogP contribution is -2.30. The second-order valence-electron chi connectivity index (χ2n) is 3.64. The van der Waals surface area contributed by atoms with E-state index >= 15 is 0 Å². The van der Waals surface area contributed by atoms with E-state index in [9.17, 15) is 0 Å². The highest BCUT2D eigenvalue weighted by atomic mass is 32.1. The quantitative estimate of drug-likeness (QED) is 0.784. The Morgan fingerprint density at radius 1 is 1.71 bits per heavy atom. The van der Waals surface area contributed by atoms with Crippen LogP contribution in [0.25, 0.3) is 0 Å². The van der Waals surface area contributed by atoms with Crippen molar-refractivity contribution in [1.29, 1.82) is 0 Å². The van der Waals surface area contributed by atoms with Gasteiger partial charge in [-0.15, -0.1) is 11.3 Å². The van der Waals surface area contributed by atoms with Gasteiger partial charge in [0.25, 0.3) is 0 Å². The van der Waals surface area contributed by atoms with E-state index in [2.05, 4.69) is 22.5 Å². The maximum atomic E-state index is 4.38. The molecule has 78 valence electrons. The lowest BCUT2D eigenvalue weighted by Gasteiger charge is -2.08. The molecule has 1 unspecified atom stereocenters. The summed E-state index contributed by atoms with van der Waals surface area (Å²) in [5.74, 6) is 0. The van der Waals surface area contributed by atoms with Crippen molar-refractivity contribution in [2.75, 3.05) is 13.1 Å². The molecule has 0 aromatic carbocycles. The zero-order valence-corrected chi connectivity index (χ0v) is 9.36. The molecule has 1 fully saturated rings. The predicted molar refractivity (Wildman–Crippen MR) is 59.6 cm³/mol. The van der Waals surface area contributed by atoms with Gasteiger partial charge in [-0.2, -0.15) is 0 Å². The molecular weight excluding hydrogens is 194 g/mol. The molecule has 14 heavy (non-hydrogen) atoms. The van der Waals surface area contributed by atoms with E-state index in [1.807, 2.05) is 17.5 Å². The Labute approximate surface area is 88.9 Å². The van der Waals surface area contributed by atoms with Crippen molar-refractivity contribution in [2.24, 2.45) is 0 Å². The minimum atomic E-state index is 0.643. The van der Waals surface area contributed by atoms with Gasteiger partial charge >= 0.3 is 0 Å². The van der Waals surface area contributed by atoms with Gasteiger partial charge in [0.2, 0.25) is 0 Å². The van der Waals surface area contributed by atoms with Crippen molar-refractivity contribution in [1.82, 2.24) is 15.6 Å². The Kier molecular flexibility index (Phi) is 3.50. The van der Waals surface area contributed by atoms with Gasteiger partial charge in [-0.1, -0.05) is 6.92 Å². The largest absolute Gasteiger partial charge is 0.315 e. The highest BCUT2D eigenvalue weighted by Crippen LogP contribution is 2.13. The van der Waals surface area contributed by atoms with Crippen molar-refractivity contribution in [3.63, 3.8) is 0 Å². The average Bonchev–Trinajstić information content (AvgIpc) is 2.86. The number of hydrogen-bond acceptors (Lipinski definition) is 4. The summed E-state index contributed by atoms with van der Waals surface area (Å²) in [6.07, 6.45) is 4.34. The summed E-state index contributed by atoms with van der Waals surface area (Å²) < 4.78 is 0. The fourth-order valence-corrected chi connectivity index (χ4v) is 2.47. The van der Waals surface area contributed by atoms with Gasteiger partial charge in [0.05, 0.1) is 0 Å².